The number of aliphatic carboxylic acids is 1. The fourth-order valence-corrected chi connectivity index (χ4v) is 0.998. The lowest BCUT2D eigenvalue weighted by atomic mass is 10.3. The van der Waals surface area contributed by atoms with Gasteiger partial charge in [-0.25, -0.2) is 0 Å². The number of carboxylic acids is 1. The van der Waals surface area contributed by atoms with Gasteiger partial charge in [0, 0.05) is 13.0 Å². The van der Waals surface area contributed by atoms with Gasteiger partial charge < -0.3 is 9.84 Å². The number of unbranched alkanes of at least 4 members (excludes halogenated alkanes) is 2. The Balaban J connectivity index is 3.07. The van der Waals surface area contributed by atoms with Crippen LogP contribution in [0.2, 0.25) is 0 Å². The minimum atomic E-state index is -0.751. The summed E-state index contributed by atoms with van der Waals surface area (Å²) in [5.74, 6) is -0.751. The highest BCUT2D eigenvalue weighted by Gasteiger charge is 1.91. The predicted octanol–water partition coefficient (Wildman–Crippen LogP) is 2.61. The van der Waals surface area contributed by atoms with Gasteiger partial charge in [0.2, 0.25) is 0 Å². The van der Waals surface area contributed by atoms with Crippen LogP contribution < -0.4 is 0 Å². The van der Waals surface area contributed by atoms with Crippen LogP contribution in [0.1, 0.15) is 39.0 Å². The zero-order chi connectivity index (χ0) is 10.6. The first-order valence-corrected chi connectivity index (χ1v) is 5.22. The first-order valence-electron chi connectivity index (χ1n) is 5.22. The highest BCUT2D eigenvalue weighted by atomic mass is 16.5. The molecule has 0 saturated carbocycles. The zero-order valence-electron chi connectivity index (χ0n) is 8.87. The lowest BCUT2D eigenvalue weighted by Crippen LogP contribution is -1.94. The van der Waals surface area contributed by atoms with Crippen LogP contribution in [0.3, 0.4) is 0 Å². The summed E-state index contributed by atoms with van der Waals surface area (Å²) in [5, 5.41) is 8.35. The molecule has 0 aromatic carbocycles. The number of hydrogen-bond donors (Lipinski definition) is 1. The number of carboxylic acid groups (broad SMARTS) is 1. The molecule has 0 aromatic heterocycles. The van der Waals surface area contributed by atoms with Gasteiger partial charge in [0.25, 0.3) is 0 Å². The molecule has 0 aliphatic heterocycles. The van der Waals surface area contributed by atoms with Gasteiger partial charge in [0.1, 0.15) is 0 Å². The van der Waals surface area contributed by atoms with Crippen LogP contribution >= 0.6 is 0 Å². The van der Waals surface area contributed by atoms with Crippen molar-refractivity contribution in [3.63, 3.8) is 0 Å². The minimum Gasteiger partial charge on any atom is -0.481 e. The molecular formula is C11H20O3. The van der Waals surface area contributed by atoms with E-state index in [0.717, 1.165) is 13.0 Å². The summed E-state index contributed by atoms with van der Waals surface area (Å²) >= 11 is 0. The lowest BCUT2D eigenvalue weighted by Gasteiger charge is -1.98. The first kappa shape index (κ1) is 13.2. The second-order valence-corrected chi connectivity index (χ2v) is 3.19. The van der Waals surface area contributed by atoms with Crippen LogP contribution in [0.25, 0.3) is 0 Å². The summed E-state index contributed by atoms with van der Waals surface area (Å²) in [7, 11) is 0. The number of ether oxygens (including phenoxy) is 1. The fraction of sp³-hybridized carbons (Fsp3) is 0.727. The molecule has 0 bridgehead atoms. The van der Waals surface area contributed by atoms with Crippen molar-refractivity contribution in [2.45, 2.75) is 39.0 Å². The minimum absolute atomic E-state index is 0.201. The fourth-order valence-electron chi connectivity index (χ4n) is 0.998. The van der Waals surface area contributed by atoms with Crippen LogP contribution in [0.15, 0.2) is 12.2 Å². The number of carbonyl (C=O) groups is 1. The second kappa shape index (κ2) is 10.3. The SMILES string of the molecule is CCCCCOCC=CCCC(=O)O. The van der Waals surface area contributed by atoms with Crippen molar-refractivity contribution in [3.05, 3.63) is 12.2 Å². The van der Waals surface area contributed by atoms with E-state index in [1.54, 1.807) is 0 Å². The lowest BCUT2D eigenvalue weighted by molar-refractivity contribution is -0.136. The van der Waals surface area contributed by atoms with E-state index in [2.05, 4.69) is 6.92 Å². The Kier molecular flexibility index (Phi) is 9.64. The summed E-state index contributed by atoms with van der Waals surface area (Å²) < 4.78 is 5.31. The van der Waals surface area contributed by atoms with E-state index in [1.165, 1.54) is 12.8 Å². The monoisotopic (exact) mass is 200 g/mol. The summed E-state index contributed by atoms with van der Waals surface area (Å²) in [4.78, 5) is 10.1. The van der Waals surface area contributed by atoms with Crippen LogP contribution in [-0.2, 0) is 9.53 Å². The van der Waals surface area contributed by atoms with Gasteiger partial charge in [0.15, 0.2) is 0 Å². The molecule has 82 valence electrons. The van der Waals surface area contributed by atoms with E-state index >= 15 is 0 Å². The van der Waals surface area contributed by atoms with Gasteiger partial charge in [-0.05, 0) is 12.8 Å². The van der Waals surface area contributed by atoms with Crippen molar-refractivity contribution in [2.24, 2.45) is 0 Å². The van der Waals surface area contributed by atoms with Crippen molar-refractivity contribution < 1.29 is 14.6 Å². The molecule has 14 heavy (non-hydrogen) atoms. The molecule has 0 spiro atoms. The number of rotatable bonds is 9. The van der Waals surface area contributed by atoms with Crippen molar-refractivity contribution in [2.75, 3.05) is 13.2 Å². The quantitative estimate of drug-likeness (QED) is 0.459. The third kappa shape index (κ3) is 11.2. The van der Waals surface area contributed by atoms with Crippen LogP contribution in [0.4, 0.5) is 0 Å². The molecule has 0 unspecified atom stereocenters. The molecule has 0 aromatic rings. The smallest absolute Gasteiger partial charge is 0.303 e. The molecular weight excluding hydrogens is 180 g/mol. The standard InChI is InChI=1S/C11H20O3/c1-2-3-6-9-14-10-7-4-5-8-11(12)13/h4,7H,2-3,5-6,8-10H2,1H3,(H,12,13). The average Bonchev–Trinajstić information content (AvgIpc) is 2.15. The molecule has 0 fully saturated rings. The maximum Gasteiger partial charge on any atom is 0.303 e. The van der Waals surface area contributed by atoms with Crippen LogP contribution in [-0.4, -0.2) is 24.3 Å². The molecule has 0 rings (SSSR count). The Morgan fingerprint density at radius 1 is 1.36 bits per heavy atom. The normalized spacial score (nSPS) is 10.9. The van der Waals surface area contributed by atoms with Crippen molar-refractivity contribution in [1.29, 1.82) is 0 Å². The van der Waals surface area contributed by atoms with E-state index < -0.39 is 5.97 Å². The number of hydrogen-bond acceptors (Lipinski definition) is 2. The zero-order valence-corrected chi connectivity index (χ0v) is 8.87. The molecule has 0 heterocycles. The molecule has 3 heteroatoms. The molecule has 1 N–H and O–H groups in total. The van der Waals surface area contributed by atoms with Gasteiger partial charge in [-0.2, -0.15) is 0 Å². The van der Waals surface area contributed by atoms with Gasteiger partial charge in [0.05, 0.1) is 6.61 Å². The number of allylic oxidation sites excluding steroid dienone is 1. The Morgan fingerprint density at radius 3 is 2.79 bits per heavy atom. The van der Waals surface area contributed by atoms with E-state index in [4.69, 9.17) is 9.84 Å². The molecule has 0 amide bonds. The predicted molar refractivity (Wildman–Crippen MR) is 56.4 cm³/mol. The Hall–Kier alpha value is -0.830. The van der Waals surface area contributed by atoms with Crippen LogP contribution in [0, 0.1) is 0 Å². The third-order valence-electron chi connectivity index (χ3n) is 1.80. The summed E-state index contributed by atoms with van der Waals surface area (Å²) in [5.41, 5.74) is 0. The largest absolute Gasteiger partial charge is 0.481 e. The van der Waals surface area contributed by atoms with E-state index in [0.29, 0.717) is 13.0 Å². The van der Waals surface area contributed by atoms with Gasteiger partial charge in [-0.3, -0.25) is 4.79 Å². The van der Waals surface area contributed by atoms with Crippen molar-refractivity contribution in [3.8, 4) is 0 Å². The third-order valence-corrected chi connectivity index (χ3v) is 1.80. The van der Waals surface area contributed by atoms with Gasteiger partial charge >= 0.3 is 5.97 Å². The van der Waals surface area contributed by atoms with E-state index in [9.17, 15) is 4.79 Å². The Bertz CT molecular complexity index is 164. The summed E-state index contributed by atoms with van der Waals surface area (Å²) in [6.07, 6.45) is 8.06. The summed E-state index contributed by atoms with van der Waals surface area (Å²) in [6.45, 7) is 3.56. The average molecular weight is 200 g/mol. The van der Waals surface area contributed by atoms with E-state index in [-0.39, 0.29) is 6.42 Å². The Morgan fingerprint density at radius 2 is 2.14 bits per heavy atom. The summed E-state index contributed by atoms with van der Waals surface area (Å²) in [6, 6.07) is 0. The molecule has 0 atom stereocenters. The van der Waals surface area contributed by atoms with E-state index in [1.807, 2.05) is 12.2 Å². The molecule has 0 aliphatic carbocycles. The Labute approximate surface area is 85.8 Å². The first-order chi connectivity index (χ1) is 6.77. The maximum absolute atomic E-state index is 10.1. The molecule has 0 radical (unpaired) electrons. The van der Waals surface area contributed by atoms with Gasteiger partial charge in [-0.1, -0.05) is 31.9 Å². The second-order valence-electron chi connectivity index (χ2n) is 3.19. The van der Waals surface area contributed by atoms with Crippen molar-refractivity contribution >= 4 is 5.97 Å². The topological polar surface area (TPSA) is 46.5 Å². The van der Waals surface area contributed by atoms with Crippen molar-refractivity contribution in [1.82, 2.24) is 0 Å². The van der Waals surface area contributed by atoms with Crippen LogP contribution in [0.5, 0.6) is 0 Å². The molecule has 3 nitrogen and oxygen atoms in total. The highest BCUT2D eigenvalue weighted by molar-refractivity contribution is 5.66. The maximum atomic E-state index is 10.1. The van der Waals surface area contributed by atoms with Gasteiger partial charge in [-0.15, -0.1) is 0 Å². The molecule has 0 aliphatic rings. The molecule has 0 saturated heterocycles. The highest BCUT2D eigenvalue weighted by Crippen LogP contribution is 1.95.